The molecule has 6 nitrogen and oxygen atoms in total. The highest BCUT2D eigenvalue weighted by atomic mass is 32.2. The van der Waals surface area contributed by atoms with Gasteiger partial charge >= 0.3 is 0 Å². The van der Waals surface area contributed by atoms with Crippen molar-refractivity contribution in [2.75, 3.05) is 7.05 Å². The van der Waals surface area contributed by atoms with Crippen molar-refractivity contribution in [3.05, 3.63) is 29.8 Å². The summed E-state index contributed by atoms with van der Waals surface area (Å²) < 4.78 is 28.0. The van der Waals surface area contributed by atoms with E-state index in [0.29, 0.717) is 34.9 Å². The Kier molecular flexibility index (Phi) is 5.55. The SMILES string of the molecule is CN=C(NCc1ccccc1S(=O)(=O)NC(C)(C)C)NC1CC1C. The summed E-state index contributed by atoms with van der Waals surface area (Å²) in [5, 5.41) is 6.53. The predicted octanol–water partition coefficient (Wildman–Crippen LogP) is 1.84. The quantitative estimate of drug-likeness (QED) is 0.558. The lowest BCUT2D eigenvalue weighted by atomic mass is 10.1. The monoisotopic (exact) mass is 352 g/mol. The van der Waals surface area contributed by atoms with E-state index in [9.17, 15) is 8.42 Å². The normalized spacial score (nSPS) is 21.5. The zero-order valence-corrected chi connectivity index (χ0v) is 15.9. The van der Waals surface area contributed by atoms with Crippen LogP contribution in [0.5, 0.6) is 0 Å². The van der Waals surface area contributed by atoms with Crippen molar-refractivity contribution < 1.29 is 8.42 Å². The first-order chi connectivity index (χ1) is 11.1. The molecular weight excluding hydrogens is 324 g/mol. The Labute approximate surface area is 145 Å². The van der Waals surface area contributed by atoms with Crippen LogP contribution in [-0.4, -0.2) is 33.0 Å². The van der Waals surface area contributed by atoms with Crippen molar-refractivity contribution in [3.8, 4) is 0 Å². The molecule has 2 atom stereocenters. The fraction of sp³-hybridized carbons (Fsp3) is 0.588. The van der Waals surface area contributed by atoms with Crippen molar-refractivity contribution >= 4 is 16.0 Å². The highest BCUT2D eigenvalue weighted by Crippen LogP contribution is 2.28. The lowest BCUT2D eigenvalue weighted by molar-refractivity contribution is 0.491. The molecule has 0 bridgehead atoms. The Bertz CT molecular complexity index is 708. The summed E-state index contributed by atoms with van der Waals surface area (Å²) in [5.41, 5.74) is 0.181. The van der Waals surface area contributed by atoms with Gasteiger partial charge in [0.2, 0.25) is 10.0 Å². The second kappa shape index (κ2) is 7.11. The summed E-state index contributed by atoms with van der Waals surface area (Å²) >= 11 is 0. The molecule has 2 unspecified atom stereocenters. The van der Waals surface area contributed by atoms with Gasteiger partial charge in [-0.3, -0.25) is 4.99 Å². The van der Waals surface area contributed by atoms with E-state index in [1.54, 1.807) is 19.2 Å². The topological polar surface area (TPSA) is 82.6 Å². The molecule has 0 aromatic heterocycles. The van der Waals surface area contributed by atoms with Gasteiger partial charge < -0.3 is 10.6 Å². The van der Waals surface area contributed by atoms with E-state index in [2.05, 4.69) is 27.3 Å². The summed E-state index contributed by atoms with van der Waals surface area (Å²) in [6.45, 7) is 8.06. The maximum Gasteiger partial charge on any atom is 0.241 e. The molecule has 0 radical (unpaired) electrons. The van der Waals surface area contributed by atoms with Gasteiger partial charge in [-0.2, -0.15) is 0 Å². The Morgan fingerprint density at radius 2 is 1.92 bits per heavy atom. The van der Waals surface area contributed by atoms with Gasteiger partial charge in [0.15, 0.2) is 5.96 Å². The van der Waals surface area contributed by atoms with Crippen LogP contribution in [0.3, 0.4) is 0 Å². The second-order valence-electron chi connectivity index (χ2n) is 7.35. The van der Waals surface area contributed by atoms with E-state index >= 15 is 0 Å². The fourth-order valence-corrected chi connectivity index (χ4v) is 4.10. The molecular formula is C17H28N4O2S. The molecule has 1 aliphatic carbocycles. The van der Waals surface area contributed by atoms with Crippen LogP contribution in [0.1, 0.15) is 39.7 Å². The molecule has 134 valence electrons. The van der Waals surface area contributed by atoms with E-state index in [4.69, 9.17) is 0 Å². The third-order valence-electron chi connectivity index (χ3n) is 3.80. The smallest absolute Gasteiger partial charge is 0.241 e. The zero-order chi connectivity index (χ0) is 18.0. The maximum absolute atomic E-state index is 12.6. The minimum Gasteiger partial charge on any atom is -0.353 e. The van der Waals surface area contributed by atoms with Crippen LogP contribution in [0.25, 0.3) is 0 Å². The van der Waals surface area contributed by atoms with Gasteiger partial charge in [-0.25, -0.2) is 13.1 Å². The summed E-state index contributed by atoms with van der Waals surface area (Å²) in [5.74, 6) is 1.35. The Balaban J connectivity index is 2.11. The summed E-state index contributed by atoms with van der Waals surface area (Å²) in [4.78, 5) is 4.49. The molecule has 1 aromatic carbocycles. The second-order valence-corrected chi connectivity index (χ2v) is 9.00. The van der Waals surface area contributed by atoms with Gasteiger partial charge in [0.1, 0.15) is 0 Å². The van der Waals surface area contributed by atoms with Crippen molar-refractivity contribution in [1.29, 1.82) is 0 Å². The van der Waals surface area contributed by atoms with E-state index in [1.165, 1.54) is 0 Å². The van der Waals surface area contributed by atoms with Gasteiger partial charge in [0.05, 0.1) is 4.90 Å². The lowest BCUT2D eigenvalue weighted by Gasteiger charge is -2.22. The number of guanidine groups is 1. The molecule has 0 heterocycles. The Morgan fingerprint density at radius 3 is 2.46 bits per heavy atom. The van der Waals surface area contributed by atoms with Crippen LogP contribution in [0.15, 0.2) is 34.2 Å². The molecule has 1 saturated carbocycles. The maximum atomic E-state index is 12.6. The lowest BCUT2D eigenvalue weighted by Crippen LogP contribution is -2.41. The molecule has 3 N–H and O–H groups in total. The van der Waals surface area contributed by atoms with Crippen molar-refractivity contribution in [2.45, 2.75) is 57.1 Å². The van der Waals surface area contributed by atoms with E-state index in [1.807, 2.05) is 32.9 Å². The zero-order valence-electron chi connectivity index (χ0n) is 15.1. The third-order valence-corrected chi connectivity index (χ3v) is 5.66. The first kappa shape index (κ1) is 18.7. The van der Waals surface area contributed by atoms with Crippen LogP contribution in [0, 0.1) is 5.92 Å². The molecule has 1 aliphatic rings. The number of aliphatic imine (C=N–C) groups is 1. The average Bonchev–Trinajstić information content (AvgIpc) is 3.16. The van der Waals surface area contributed by atoms with E-state index < -0.39 is 15.6 Å². The standard InChI is InChI=1S/C17H28N4O2S/c1-12-10-14(12)20-16(18-5)19-11-13-8-6-7-9-15(13)24(22,23)21-17(2,3)4/h6-9,12,14,21H,10-11H2,1-5H3,(H2,18,19,20). The van der Waals surface area contributed by atoms with Crippen LogP contribution in [0.2, 0.25) is 0 Å². The number of nitrogens with zero attached hydrogens (tertiary/aromatic N) is 1. The predicted molar refractivity (Wildman–Crippen MR) is 97.4 cm³/mol. The largest absolute Gasteiger partial charge is 0.353 e. The average molecular weight is 353 g/mol. The molecule has 0 saturated heterocycles. The number of hydrogen-bond acceptors (Lipinski definition) is 3. The number of rotatable bonds is 5. The molecule has 7 heteroatoms. The minimum atomic E-state index is -3.57. The number of benzene rings is 1. The molecule has 2 rings (SSSR count). The van der Waals surface area contributed by atoms with Crippen molar-refractivity contribution in [2.24, 2.45) is 10.9 Å². The van der Waals surface area contributed by atoms with Crippen LogP contribution in [0.4, 0.5) is 0 Å². The highest BCUT2D eigenvalue weighted by molar-refractivity contribution is 7.89. The number of sulfonamides is 1. The summed E-state index contributed by atoms with van der Waals surface area (Å²) in [6.07, 6.45) is 1.14. The fourth-order valence-electron chi connectivity index (χ4n) is 2.44. The van der Waals surface area contributed by atoms with Gasteiger partial charge in [0.25, 0.3) is 0 Å². The van der Waals surface area contributed by atoms with Crippen LogP contribution < -0.4 is 15.4 Å². The van der Waals surface area contributed by atoms with Gasteiger partial charge in [0, 0.05) is 25.2 Å². The third kappa shape index (κ3) is 5.21. The molecule has 1 fully saturated rings. The van der Waals surface area contributed by atoms with Crippen molar-refractivity contribution in [1.82, 2.24) is 15.4 Å². The minimum absolute atomic E-state index is 0.294. The molecule has 0 aliphatic heterocycles. The summed E-state index contributed by atoms with van der Waals surface area (Å²) in [7, 11) is -1.86. The molecule has 1 aromatic rings. The highest BCUT2D eigenvalue weighted by Gasteiger charge is 2.33. The van der Waals surface area contributed by atoms with Gasteiger partial charge in [-0.1, -0.05) is 25.1 Å². The van der Waals surface area contributed by atoms with E-state index in [0.717, 1.165) is 6.42 Å². The van der Waals surface area contributed by atoms with Crippen LogP contribution >= 0.6 is 0 Å². The molecule has 0 amide bonds. The number of nitrogens with one attached hydrogen (secondary N) is 3. The Morgan fingerprint density at radius 1 is 1.29 bits per heavy atom. The molecule has 24 heavy (non-hydrogen) atoms. The Hall–Kier alpha value is -1.60. The first-order valence-corrected chi connectivity index (χ1v) is 9.70. The van der Waals surface area contributed by atoms with Crippen molar-refractivity contribution in [3.63, 3.8) is 0 Å². The summed E-state index contributed by atoms with van der Waals surface area (Å²) in [6, 6.07) is 7.48. The van der Waals surface area contributed by atoms with Gasteiger partial charge in [-0.05, 0) is 44.7 Å². The number of hydrogen-bond donors (Lipinski definition) is 3. The first-order valence-electron chi connectivity index (χ1n) is 8.21. The van der Waals surface area contributed by atoms with Gasteiger partial charge in [-0.15, -0.1) is 0 Å². The molecule has 0 spiro atoms. The van der Waals surface area contributed by atoms with E-state index in [-0.39, 0.29) is 0 Å². The van der Waals surface area contributed by atoms with Crippen LogP contribution in [-0.2, 0) is 16.6 Å².